The van der Waals surface area contributed by atoms with Gasteiger partial charge in [-0.2, -0.15) is 0 Å². The first kappa shape index (κ1) is 18.4. The summed E-state index contributed by atoms with van der Waals surface area (Å²) in [5, 5.41) is 0.571. The maximum Gasteiger partial charge on any atom is 0.240 e. The number of hydrogen-bond donors (Lipinski definition) is 1. The number of ether oxygens (including phenoxy) is 1. The van der Waals surface area contributed by atoms with E-state index in [1.54, 1.807) is 30.3 Å². The van der Waals surface area contributed by atoms with Crippen LogP contribution in [0, 0.1) is 0 Å². The topological polar surface area (TPSA) is 55.4 Å². The van der Waals surface area contributed by atoms with E-state index in [0.29, 0.717) is 5.02 Å². The molecule has 124 valence electrons. The van der Waals surface area contributed by atoms with Crippen molar-refractivity contribution in [3.8, 4) is 0 Å². The molecule has 0 saturated carbocycles. The summed E-state index contributed by atoms with van der Waals surface area (Å²) in [4.78, 5) is 0.199. The lowest BCUT2D eigenvalue weighted by molar-refractivity contribution is 0.00699. The van der Waals surface area contributed by atoms with Crippen LogP contribution in [-0.4, -0.2) is 22.1 Å². The first-order valence-electron chi connectivity index (χ1n) is 6.83. The molecule has 1 atom stereocenters. The van der Waals surface area contributed by atoms with E-state index in [0.717, 1.165) is 10.0 Å². The predicted octanol–water partition coefficient (Wildman–Crippen LogP) is 3.94. The van der Waals surface area contributed by atoms with Gasteiger partial charge in [-0.1, -0.05) is 39.7 Å². The van der Waals surface area contributed by atoms with E-state index in [2.05, 4.69) is 20.7 Å². The number of sulfonamides is 1. The van der Waals surface area contributed by atoms with Gasteiger partial charge < -0.3 is 4.74 Å². The van der Waals surface area contributed by atoms with Crippen LogP contribution in [0.25, 0.3) is 0 Å². The van der Waals surface area contributed by atoms with E-state index in [1.165, 1.54) is 19.2 Å². The fraction of sp³-hybridized carbons (Fsp3) is 0.250. The van der Waals surface area contributed by atoms with E-state index < -0.39 is 15.6 Å². The quantitative estimate of drug-likeness (QED) is 0.773. The number of hydrogen-bond acceptors (Lipinski definition) is 3. The Balaban J connectivity index is 2.21. The fourth-order valence-corrected chi connectivity index (χ4v) is 3.62. The van der Waals surface area contributed by atoms with Crippen LogP contribution < -0.4 is 4.72 Å². The second-order valence-electron chi connectivity index (χ2n) is 5.22. The smallest absolute Gasteiger partial charge is 0.240 e. The van der Waals surface area contributed by atoms with Crippen molar-refractivity contribution in [3.05, 3.63) is 63.6 Å². The fourth-order valence-electron chi connectivity index (χ4n) is 2.04. The highest BCUT2D eigenvalue weighted by Crippen LogP contribution is 2.27. The van der Waals surface area contributed by atoms with Crippen LogP contribution in [0.5, 0.6) is 0 Å². The van der Waals surface area contributed by atoms with Gasteiger partial charge in [0.2, 0.25) is 10.0 Å². The zero-order chi connectivity index (χ0) is 17.1. The van der Waals surface area contributed by atoms with Gasteiger partial charge >= 0.3 is 0 Å². The lowest BCUT2D eigenvalue weighted by Gasteiger charge is -2.29. The molecule has 0 heterocycles. The van der Waals surface area contributed by atoms with E-state index in [-0.39, 0.29) is 11.4 Å². The molecule has 1 unspecified atom stereocenters. The first-order chi connectivity index (χ1) is 10.8. The highest BCUT2D eigenvalue weighted by Gasteiger charge is 2.29. The summed E-state index contributed by atoms with van der Waals surface area (Å²) in [6, 6.07) is 13.6. The van der Waals surface area contributed by atoms with Gasteiger partial charge in [-0.25, -0.2) is 13.1 Å². The first-order valence-corrected chi connectivity index (χ1v) is 9.49. The molecule has 0 aliphatic carbocycles. The monoisotopic (exact) mass is 417 g/mol. The highest BCUT2D eigenvalue weighted by molar-refractivity contribution is 9.10. The van der Waals surface area contributed by atoms with Crippen molar-refractivity contribution in [2.24, 2.45) is 0 Å². The average molecular weight is 419 g/mol. The molecule has 7 heteroatoms. The molecule has 0 aliphatic heterocycles. The molecular formula is C16H17BrClNO3S. The molecule has 1 N–H and O–H groups in total. The van der Waals surface area contributed by atoms with Crippen LogP contribution in [-0.2, 0) is 20.4 Å². The van der Waals surface area contributed by atoms with Gasteiger partial charge in [0.05, 0.1) is 4.90 Å². The minimum atomic E-state index is -3.62. The van der Waals surface area contributed by atoms with Crippen LogP contribution in [0.15, 0.2) is 57.9 Å². The maximum absolute atomic E-state index is 12.4. The van der Waals surface area contributed by atoms with Crippen molar-refractivity contribution in [1.29, 1.82) is 0 Å². The van der Waals surface area contributed by atoms with Gasteiger partial charge in [0.1, 0.15) is 5.60 Å². The van der Waals surface area contributed by atoms with Crippen molar-refractivity contribution in [1.82, 2.24) is 4.72 Å². The molecule has 0 radical (unpaired) electrons. The Morgan fingerprint density at radius 2 is 1.87 bits per heavy atom. The van der Waals surface area contributed by atoms with Gasteiger partial charge in [0, 0.05) is 23.1 Å². The van der Waals surface area contributed by atoms with Crippen molar-refractivity contribution in [3.63, 3.8) is 0 Å². The largest absolute Gasteiger partial charge is 0.372 e. The van der Waals surface area contributed by atoms with Crippen LogP contribution in [0.4, 0.5) is 0 Å². The number of methoxy groups -OCH3 is 1. The van der Waals surface area contributed by atoms with Crippen LogP contribution in [0.3, 0.4) is 0 Å². The summed E-state index contributed by atoms with van der Waals surface area (Å²) in [5.41, 5.74) is -0.0288. The van der Waals surface area contributed by atoms with Crippen LogP contribution in [0.2, 0.25) is 5.02 Å². The Kier molecular flexibility index (Phi) is 5.86. The lowest BCUT2D eigenvalue weighted by Crippen LogP contribution is -2.40. The summed E-state index contributed by atoms with van der Waals surface area (Å²) < 4.78 is 33.7. The SMILES string of the molecule is COC(C)(CNS(=O)(=O)c1ccc(Br)cc1)c1cccc(Cl)c1. The Hall–Kier alpha value is -0.920. The molecule has 0 aromatic heterocycles. The molecular weight excluding hydrogens is 402 g/mol. The van der Waals surface area contributed by atoms with E-state index in [1.807, 2.05) is 13.0 Å². The van der Waals surface area contributed by atoms with E-state index >= 15 is 0 Å². The summed E-state index contributed by atoms with van der Waals surface area (Å²) >= 11 is 9.29. The third-order valence-electron chi connectivity index (χ3n) is 3.61. The van der Waals surface area contributed by atoms with Gasteiger partial charge in [-0.15, -0.1) is 0 Å². The summed E-state index contributed by atoms with van der Waals surface area (Å²) in [6.45, 7) is 1.89. The van der Waals surface area contributed by atoms with Gasteiger partial charge in [0.15, 0.2) is 0 Å². The second-order valence-corrected chi connectivity index (χ2v) is 8.34. The Bertz CT molecular complexity index is 780. The highest BCUT2D eigenvalue weighted by atomic mass is 79.9. The zero-order valence-electron chi connectivity index (χ0n) is 12.7. The number of rotatable bonds is 6. The molecule has 2 aromatic rings. The number of benzene rings is 2. The molecule has 0 amide bonds. The van der Waals surface area contributed by atoms with Crippen molar-refractivity contribution in [2.45, 2.75) is 17.4 Å². The van der Waals surface area contributed by atoms with Crippen molar-refractivity contribution in [2.75, 3.05) is 13.7 Å². The Morgan fingerprint density at radius 3 is 2.43 bits per heavy atom. The predicted molar refractivity (Wildman–Crippen MR) is 95.1 cm³/mol. The van der Waals surface area contributed by atoms with Crippen molar-refractivity contribution < 1.29 is 13.2 Å². The molecule has 23 heavy (non-hydrogen) atoms. The second kappa shape index (κ2) is 7.32. The number of nitrogens with one attached hydrogen (secondary N) is 1. The third kappa shape index (κ3) is 4.55. The normalized spacial score (nSPS) is 14.4. The molecule has 4 nitrogen and oxygen atoms in total. The summed E-state index contributed by atoms with van der Waals surface area (Å²) in [5.74, 6) is 0. The van der Waals surface area contributed by atoms with E-state index in [4.69, 9.17) is 16.3 Å². The average Bonchev–Trinajstić information content (AvgIpc) is 2.53. The minimum Gasteiger partial charge on any atom is -0.372 e. The molecule has 0 saturated heterocycles. The van der Waals surface area contributed by atoms with Crippen LogP contribution >= 0.6 is 27.5 Å². The molecule has 2 rings (SSSR count). The minimum absolute atomic E-state index is 0.0856. The lowest BCUT2D eigenvalue weighted by atomic mass is 9.96. The number of halogens is 2. The molecule has 0 fully saturated rings. The van der Waals surface area contributed by atoms with Gasteiger partial charge in [0.25, 0.3) is 0 Å². The zero-order valence-corrected chi connectivity index (χ0v) is 15.9. The molecule has 0 aliphatic rings. The standard InChI is InChI=1S/C16H17BrClNO3S/c1-16(22-2,12-4-3-5-14(18)10-12)11-19-23(20,21)15-8-6-13(17)7-9-15/h3-10,19H,11H2,1-2H3. The maximum atomic E-state index is 12.4. The molecule has 0 spiro atoms. The summed E-state index contributed by atoms with van der Waals surface area (Å²) in [6.07, 6.45) is 0. The Morgan fingerprint density at radius 1 is 1.22 bits per heavy atom. The van der Waals surface area contributed by atoms with Crippen molar-refractivity contribution >= 4 is 37.6 Å². The van der Waals surface area contributed by atoms with E-state index in [9.17, 15) is 8.42 Å². The Labute approximate surface area is 150 Å². The van der Waals surface area contributed by atoms with Gasteiger partial charge in [-0.05, 0) is 48.9 Å². The molecule has 2 aromatic carbocycles. The van der Waals surface area contributed by atoms with Gasteiger partial charge in [-0.3, -0.25) is 0 Å². The third-order valence-corrected chi connectivity index (χ3v) is 5.79. The van der Waals surface area contributed by atoms with Crippen LogP contribution in [0.1, 0.15) is 12.5 Å². The molecule has 0 bridgehead atoms. The summed E-state index contributed by atoms with van der Waals surface area (Å²) in [7, 11) is -2.09.